The lowest BCUT2D eigenvalue weighted by Crippen LogP contribution is -2.14. The monoisotopic (exact) mass is 286 g/mol. The van der Waals surface area contributed by atoms with Gasteiger partial charge in [-0.05, 0) is 37.8 Å². The van der Waals surface area contributed by atoms with Crippen LogP contribution in [0.2, 0.25) is 0 Å². The van der Waals surface area contributed by atoms with Gasteiger partial charge in [0.2, 0.25) is 5.91 Å². The summed E-state index contributed by atoms with van der Waals surface area (Å²) < 4.78 is 0. The number of nitrogens with zero attached hydrogens (tertiary/aromatic N) is 1. The fourth-order valence-corrected chi connectivity index (χ4v) is 3.07. The molecule has 2 aromatic rings. The van der Waals surface area contributed by atoms with Crippen LogP contribution in [0.15, 0.2) is 23.6 Å². The molecule has 0 saturated heterocycles. The molecular formula is C16H18N2OS. The van der Waals surface area contributed by atoms with E-state index in [1.165, 1.54) is 22.5 Å². The molecule has 0 unspecified atom stereocenters. The number of nitrogens with one attached hydrogen (secondary N) is 1. The minimum absolute atomic E-state index is 0.111. The van der Waals surface area contributed by atoms with Crippen LogP contribution in [0.3, 0.4) is 0 Å². The number of aryl methyl sites for hydroxylation is 2. The molecule has 1 aliphatic rings. The standard InChI is InChI=1S/C16H18N2OS/c1-9-4-5-10(2)12(6-9)14-8-20-16(17-14)18-15(19)13-7-11(13)3/h4-6,8,11,13H,7H2,1-3H3,(H,17,18,19)/t11-,13+/m1/s1. The first-order chi connectivity index (χ1) is 9.54. The van der Waals surface area contributed by atoms with E-state index in [2.05, 4.69) is 49.3 Å². The zero-order valence-corrected chi connectivity index (χ0v) is 12.8. The van der Waals surface area contributed by atoms with Crippen molar-refractivity contribution in [1.82, 2.24) is 4.98 Å². The molecule has 1 aromatic heterocycles. The fraction of sp³-hybridized carbons (Fsp3) is 0.375. The van der Waals surface area contributed by atoms with Gasteiger partial charge >= 0.3 is 0 Å². The Kier molecular flexibility index (Phi) is 3.34. The van der Waals surface area contributed by atoms with Gasteiger partial charge in [0.25, 0.3) is 0 Å². The first-order valence-corrected chi connectivity index (χ1v) is 7.76. The van der Waals surface area contributed by atoms with E-state index in [0.717, 1.165) is 17.7 Å². The van der Waals surface area contributed by atoms with Crippen LogP contribution < -0.4 is 5.32 Å². The van der Waals surface area contributed by atoms with E-state index in [1.807, 2.05) is 5.38 Å². The molecule has 4 heteroatoms. The zero-order valence-electron chi connectivity index (χ0n) is 11.9. The average molecular weight is 286 g/mol. The van der Waals surface area contributed by atoms with Crippen LogP contribution in [0.4, 0.5) is 5.13 Å². The highest BCUT2D eigenvalue weighted by Crippen LogP contribution is 2.39. The van der Waals surface area contributed by atoms with E-state index in [4.69, 9.17) is 0 Å². The van der Waals surface area contributed by atoms with Crippen LogP contribution in [-0.2, 0) is 4.79 Å². The number of rotatable bonds is 3. The summed E-state index contributed by atoms with van der Waals surface area (Å²) >= 11 is 1.49. The van der Waals surface area contributed by atoms with Crippen molar-refractivity contribution >= 4 is 22.4 Å². The fourth-order valence-electron chi connectivity index (χ4n) is 2.35. The largest absolute Gasteiger partial charge is 0.302 e. The average Bonchev–Trinajstić information content (AvgIpc) is 2.97. The molecule has 2 atom stereocenters. The number of carbonyl (C=O) groups excluding carboxylic acids is 1. The molecule has 1 aliphatic carbocycles. The predicted molar refractivity (Wildman–Crippen MR) is 82.9 cm³/mol. The number of thiazole rings is 1. The maximum atomic E-state index is 11.9. The maximum absolute atomic E-state index is 11.9. The van der Waals surface area contributed by atoms with Gasteiger partial charge in [-0.1, -0.05) is 24.6 Å². The quantitative estimate of drug-likeness (QED) is 0.926. The van der Waals surface area contributed by atoms with Crippen molar-refractivity contribution in [2.45, 2.75) is 27.2 Å². The lowest BCUT2D eigenvalue weighted by atomic mass is 10.0. The minimum Gasteiger partial charge on any atom is -0.302 e. The van der Waals surface area contributed by atoms with Crippen LogP contribution >= 0.6 is 11.3 Å². The first kappa shape index (κ1) is 13.3. The van der Waals surface area contributed by atoms with E-state index >= 15 is 0 Å². The summed E-state index contributed by atoms with van der Waals surface area (Å²) in [6.45, 7) is 6.26. The van der Waals surface area contributed by atoms with Gasteiger partial charge in [0, 0.05) is 16.9 Å². The Morgan fingerprint density at radius 1 is 1.40 bits per heavy atom. The van der Waals surface area contributed by atoms with Crippen LogP contribution in [0.5, 0.6) is 0 Å². The van der Waals surface area contributed by atoms with E-state index in [9.17, 15) is 4.79 Å². The Labute approximate surface area is 123 Å². The second-order valence-corrected chi connectivity index (χ2v) is 6.52. The normalized spacial score (nSPS) is 20.8. The molecule has 0 bridgehead atoms. The van der Waals surface area contributed by atoms with Crippen molar-refractivity contribution < 1.29 is 4.79 Å². The highest BCUT2D eigenvalue weighted by molar-refractivity contribution is 7.14. The molecule has 1 fully saturated rings. The molecule has 1 heterocycles. The third kappa shape index (κ3) is 2.61. The smallest absolute Gasteiger partial charge is 0.229 e. The van der Waals surface area contributed by atoms with E-state index < -0.39 is 0 Å². The van der Waals surface area contributed by atoms with Crippen molar-refractivity contribution in [3.8, 4) is 11.3 Å². The number of carbonyl (C=O) groups is 1. The van der Waals surface area contributed by atoms with Gasteiger partial charge in [-0.2, -0.15) is 0 Å². The number of anilines is 1. The predicted octanol–water partition coefficient (Wildman–Crippen LogP) is 4.02. The lowest BCUT2D eigenvalue weighted by molar-refractivity contribution is -0.117. The van der Waals surface area contributed by atoms with Gasteiger partial charge in [0.1, 0.15) is 0 Å². The summed E-state index contributed by atoms with van der Waals surface area (Å²) in [7, 11) is 0. The summed E-state index contributed by atoms with van der Waals surface area (Å²) in [5, 5.41) is 5.63. The molecular weight excluding hydrogens is 268 g/mol. The highest BCUT2D eigenvalue weighted by atomic mass is 32.1. The molecule has 1 saturated carbocycles. The topological polar surface area (TPSA) is 42.0 Å². The summed E-state index contributed by atoms with van der Waals surface area (Å²) in [6.07, 6.45) is 1.00. The Hall–Kier alpha value is -1.68. The molecule has 1 N–H and O–H groups in total. The maximum Gasteiger partial charge on any atom is 0.229 e. The van der Waals surface area contributed by atoms with Crippen molar-refractivity contribution in [2.24, 2.45) is 11.8 Å². The van der Waals surface area contributed by atoms with Crippen LogP contribution in [0.1, 0.15) is 24.5 Å². The van der Waals surface area contributed by atoms with E-state index in [1.54, 1.807) is 0 Å². The first-order valence-electron chi connectivity index (χ1n) is 6.88. The molecule has 3 nitrogen and oxygen atoms in total. The summed E-state index contributed by atoms with van der Waals surface area (Å²) in [6, 6.07) is 6.34. The molecule has 0 radical (unpaired) electrons. The molecule has 0 aliphatic heterocycles. The Balaban J connectivity index is 1.79. The van der Waals surface area contributed by atoms with Gasteiger partial charge in [0.15, 0.2) is 5.13 Å². The second-order valence-electron chi connectivity index (χ2n) is 5.67. The molecule has 0 spiro atoms. The lowest BCUT2D eigenvalue weighted by Gasteiger charge is -2.04. The Morgan fingerprint density at radius 2 is 2.15 bits per heavy atom. The number of amides is 1. The molecule has 3 rings (SSSR count). The summed E-state index contributed by atoms with van der Waals surface area (Å²) in [4.78, 5) is 16.5. The van der Waals surface area contributed by atoms with Crippen molar-refractivity contribution in [1.29, 1.82) is 0 Å². The molecule has 1 aromatic carbocycles. The van der Waals surface area contributed by atoms with Crippen molar-refractivity contribution in [3.05, 3.63) is 34.7 Å². The van der Waals surface area contributed by atoms with Crippen LogP contribution in [0, 0.1) is 25.7 Å². The number of hydrogen-bond acceptors (Lipinski definition) is 3. The van der Waals surface area contributed by atoms with Gasteiger partial charge in [0.05, 0.1) is 5.69 Å². The van der Waals surface area contributed by atoms with Crippen molar-refractivity contribution in [2.75, 3.05) is 5.32 Å². The molecule has 20 heavy (non-hydrogen) atoms. The number of hydrogen-bond donors (Lipinski definition) is 1. The van der Waals surface area contributed by atoms with Gasteiger partial charge in [-0.15, -0.1) is 11.3 Å². The van der Waals surface area contributed by atoms with Gasteiger partial charge in [-0.3, -0.25) is 4.79 Å². The van der Waals surface area contributed by atoms with Gasteiger partial charge in [-0.25, -0.2) is 4.98 Å². The zero-order chi connectivity index (χ0) is 14.3. The van der Waals surface area contributed by atoms with Gasteiger partial charge < -0.3 is 5.32 Å². The number of aromatic nitrogens is 1. The summed E-state index contributed by atoms with van der Waals surface area (Å²) in [5.74, 6) is 0.816. The molecule has 1 amide bonds. The van der Waals surface area contributed by atoms with Crippen molar-refractivity contribution in [3.63, 3.8) is 0 Å². The Bertz CT molecular complexity index is 662. The highest BCUT2D eigenvalue weighted by Gasteiger charge is 2.39. The third-order valence-corrected chi connectivity index (χ3v) is 4.61. The minimum atomic E-state index is 0.111. The molecule has 104 valence electrons. The third-order valence-electron chi connectivity index (χ3n) is 3.85. The summed E-state index contributed by atoms with van der Waals surface area (Å²) in [5.41, 5.74) is 4.50. The van der Waals surface area contributed by atoms with E-state index in [-0.39, 0.29) is 11.8 Å². The second kappa shape index (κ2) is 5.02. The Morgan fingerprint density at radius 3 is 2.85 bits per heavy atom. The van der Waals surface area contributed by atoms with Crippen LogP contribution in [0.25, 0.3) is 11.3 Å². The van der Waals surface area contributed by atoms with Crippen LogP contribution in [-0.4, -0.2) is 10.9 Å². The number of benzene rings is 1. The van der Waals surface area contributed by atoms with E-state index in [0.29, 0.717) is 11.0 Å². The SMILES string of the molecule is Cc1ccc(C)c(-c2csc(NC(=O)[C@H]3C[C@H]3C)n2)c1.